The van der Waals surface area contributed by atoms with E-state index < -0.39 is 11.6 Å². The second-order valence-corrected chi connectivity index (χ2v) is 15.8. The maximum absolute atomic E-state index is 12.8. The SMILES string of the molecule is C[C@H](CCCC(C)(C)C)[C@H]1CC[C@H]2/C(=C/C=C3/C[C@@H](O)C[C@H](NC(=O)c4ccc(SC(F)(F)F)cc4)C3)CCC[C@]12C. The van der Waals surface area contributed by atoms with Crippen molar-refractivity contribution in [3.8, 4) is 0 Å². The highest BCUT2D eigenvalue weighted by molar-refractivity contribution is 8.00. The zero-order valence-electron chi connectivity index (χ0n) is 26.0. The number of carbonyl (C=O) groups excluding carboxylic acids is 1. The van der Waals surface area contributed by atoms with E-state index in [4.69, 9.17) is 0 Å². The normalized spacial score (nSPS) is 31.3. The van der Waals surface area contributed by atoms with Gasteiger partial charge in [0.15, 0.2) is 0 Å². The molecule has 3 aliphatic carbocycles. The molecule has 0 aliphatic heterocycles. The van der Waals surface area contributed by atoms with Crippen molar-refractivity contribution in [2.75, 3.05) is 0 Å². The first-order chi connectivity index (χ1) is 19.6. The van der Waals surface area contributed by atoms with Crippen LogP contribution in [0.3, 0.4) is 0 Å². The summed E-state index contributed by atoms with van der Waals surface area (Å²) < 4.78 is 37.9. The van der Waals surface area contributed by atoms with Crippen LogP contribution >= 0.6 is 11.8 Å². The van der Waals surface area contributed by atoms with E-state index in [-0.39, 0.29) is 28.6 Å². The molecule has 3 nitrogen and oxygen atoms in total. The third-order valence-corrected chi connectivity index (χ3v) is 10.8. The Bertz CT molecular complexity index is 1140. The van der Waals surface area contributed by atoms with Gasteiger partial charge in [0.1, 0.15) is 0 Å². The first-order valence-electron chi connectivity index (χ1n) is 15.9. The minimum atomic E-state index is -4.36. The smallest absolute Gasteiger partial charge is 0.393 e. The molecule has 42 heavy (non-hydrogen) atoms. The molecule has 0 saturated heterocycles. The van der Waals surface area contributed by atoms with Crippen LogP contribution in [0.1, 0.15) is 116 Å². The van der Waals surface area contributed by atoms with Crippen molar-refractivity contribution >= 4 is 17.7 Å². The van der Waals surface area contributed by atoms with Crippen LogP contribution in [0.25, 0.3) is 0 Å². The summed E-state index contributed by atoms with van der Waals surface area (Å²) >= 11 is -0.193. The lowest BCUT2D eigenvalue weighted by atomic mass is 9.60. The number of aliphatic hydroxyl groups is 1. The molecule has 1 aromatic rings. The molecule has 3 saturated carbocycles. The molecular formula is C35H50F3NO2S. The average molecular weight is 606 g/mol. The summed E-state index contributed by atoms with van der Waals surface area (Å²) in [6, 6.07) is 5.27. The molecule has 3 fully saturated rings. The van der Waals surface area contributed by atoms with Gasteiger partial charge in [0.05, 0.1) is 6.10 Å². The van der Waals surface area contributed by atoms with Gasteiger partial charge in [-0.05, 0) is 122 Å². The average Bonchev–Trinajstić information content (AvgIpc) is 3.23. The van der Waals surface area contributed by atoms with Gasteiger partial charge in [0, 0.05) is 16.5 Å². The van der Waals surface area contributed by atoms with E-state index in [2.05, 4.69) is 52.1 Å². The Hall–Kier alpha value is -1.73. The van der Waals surface area contributed by atoms with Gasteiger partial charge in [0.2, 0.25) is 0 Å². The van der Waals surface area contributed by atoms with E-state index in [1.165, 1.54) is 69.2 Å². The molecule has 2 N–H and O–H groups in total. The lowest BCUT2D eigenvalue weighted by Crippen LogP contribution is -2.40. The van der Waals surface area contributed by atoms with Crippen molar-refractivity contribution in [1.82, 2.24) is 5.32 Å². The summed E-state index contributed by atoms with van der Waals surface area (Å²) in [4.78, 5) is 12.9. The van der Waals surface area contributed by atoms with Gasteiger partial charge in [0.25, 0.3) is 5.91 Å². The molecule has 4 rings (SSSR count). The van der Waals surface area contributed by atoms with Crippen molar-refractivity contribution in [2.45, 2.75) is 128 Å². The Morgan fingerprint density at radius 2 is 1.86 bits per heavy atom. The van der Waals surface area contributed by atoms with E-state index in [1.807, 2.05) is 0 Å². The molecule has 3 aliphatic rings. The van der Waals surface area contributed by atoms with Gasteiger partial charge >= 0.3 is 5.51 Å². The zero-order chi connectivity index (χ0) is 30.7. The molecule has 0 aromatic heterocycles. The van der Waals surface area contributed by atoms with Crippen LogP contribution < -0.4 is 5.32 Å². The Morgan fingerprint density at radius 1 is 1.14 bits per heavy atom. The Morgan fingerprint density at radius 3 is 2.52 bits per heavy atom. The number of amides is 1. The first-order valence-corrected chi connectivity index (χ1v) is 16.7. The second-order valence-electron chi connectivity index (χ2n) is 14.6. The number of fused-ring (bicyclic) bond motifs is 1. The van der Waals surface area contributed by atoms with Crippen molar-refractivity contribution in [1.29, 1.82) is 0 Å². The summed E-state index contributed by atoms with van der Waals surface area (Å²) in [6.07, 6.45) is 15.9. The third kappa shape index (κ3) is 8.90. The summed E-state index contributed by atoms with van der Waals surface area (Å²) in [5.41, 5.74) is -0.589. The highest BCUT2D eigenvalue weighted by Gasteiger charge is 2.50. The topological polar surface area (TPSA) is 49.3 Å². The highest BCUT2D eigenvalue weighted by Crippen LogP contribution is 2.60. The molecule has 6 atom stereocenters. The lowest BCUT2D eigenvalue weighted by molar-refractivity contribution is -0.0328. The van der Waals surface area contributed by atoms with Gasteiger partial charge in [-0.25, -0.2) is 0 Å². The minimum Gasteiger partial charge on any atom is -0.393 e. The predicted molar refractivity (Wildman–Crippen MR) is 166 cm³/mol. The fourth-order valence-corrected chi connectivity index (χ4v) is 8.65. The van der Waals surface area contributed by atoms with Crippen molar-refractivity contribution in [3.05, 3.63) is 53.1 Å². The number of nitrogens with one attached hydrogen (secondary N) is 1. The van der Waals surface area contributed by atoms with E-state index in [1.54, 1.807) is 5.57 Å². The van der Waals surface area contributed by atoms with Crippen LogP contribution in [0.4, 0.5) is 13.2 Å². The zero-order valence-corrected chi connectivity index (χ0v) is 26.8. The van der Waals surface area contributed by atoms with Crippen molar-refractivity contribution in [2.24, 2.45) is 28.6 Å². The molecule has 0 radical (unpaired) electrons. The highest BCUT2D eigenvalue weighted by atomic mass is 32.2. The van der Waals surface area contributed by atoms with Crippen LogP contribution in [-0.2, 0) is 0 Å². The largest absolute Gasteiger partial charge is 0.446 e. The summed E-state index contributed by atoms with van der Waals surface area (Å²) in [5, 5.41) is 13.6. The molecule has 0 spiro atoms. The fraction of sp³-hybridized carbons (Fsp3) is 0.686. The Balaban J connectivity index is 1.37. The van der Waals surface area contributed by atoms with E-state index in [0.29, 0.717) is 41.6 Å². The predicted octanol–water partition coefficient (Wildman–Crippen LogP) is 9.86. The Kier molecular flexibility index (Phi) is 10.7. The molecule has 0 heterocycles. The van der Waals surface area contributed by atoms with E-state index in [9.17, 15) is 23.1 Å². The number of thioether (sulfide) groups is 1. The number of carbonyl (C=O) groups is 1. The molecule has 0 unspecified atom stereocenters. The van der Waals surface area contributed by atoms with Crippen molar-refractivity contribution in [3.63, 3.8) is 0 Å². The number of halogens is 3. The van der Waals surface area contributed by atoms with Gasteiger partial charge < -0.3 is 10.4 Å². The van der Waals surface area contributed by atoms with Gasteiger partial charge in [-0.3, -0.25) is 4.79 Å². The number of aliphatic hydroxyl groups excluding tert-OH is 1. The maximum Gasteiger partial charge on any atom is 0.446 e. The van der Waals surface area contributed by atoms with E-state index >= 15 is 0 Å². The molecule has 0 bridgehead atoms. The quantitative estimate of drug-likeness (QED) is 0.290. The molecule has 234 valence electrons. The first kappa shape index (κ1) is 33.2. The van der Waals surface area contributed by atoms with Crippen LogP contribution in [-0.4, -0.2) is 28.7 Å². The molecule has 1 aromatic carbocycles. The number of hydrogen-bond donors (Lipinski definition) is 2. The molecule has 7 heteroatoms. The number of hydrogen-bond acceptors (Lipinski definition) is 3. The summed E-state index contributed by atoms with van der Waals surface area (Å²) in [6.45, 7) is 12.0. The lowest BCUT2D eigenvalue weighted by Gasteiger charge is -2.44. The number of rotatable bonds is 8. The van der Waals surface area contributed by atoms with Gasteiger partial charge in [-0.2, -0.15) is 13.2 Å². The van der Waals surface area contributed by atoms with Crippen LogP contribution in [0.2, 0.25) is 0 Å². The number of alkyl halides is 3. The molecular weight excluding hydrogens is 555 g/mol. The van der Waals surface area contributed by atoms with Crippen LogP contribution in [0.5, 0.6) is 0 Å². The minimum absolute atomic E-state index is 0.0489. The van der Waals surface area contributed by atoms with Crippen LogP contribution in [0.15, 0.2) is 52.5 Å². The third-order valence-electron chi connectivity index (χ3n) is 10.1. The standard InChI is InChI=1S/C35H50F3NO2S/c1-23(8-6-18-33(2,3)4)30-16-17-31-25(9-7-19-34(30,31)5)11-10-24-20-27(22-28(40)21-24)39-32(41)26-12-14-29(15-13-26)42-35(36,37)38/h10-15,23,27-28,30-31,40H,6-9,16-22H2,1-5H3,(H,39,41)/b24-10+,25-11+/t23-,27-,28-,30-,31+,34-/m1/s1. The fourth-order valence-electron chi connectivity index (χ4n) is 8.12. The van der Waals surface area contributed by atoms with E-state index in [0.717, 1.165) is 23.8 Å². The molecule has 1 amide bonds. The van der Waals surface area contributed by atoms with Gasteiger partial charge in [-0.1, -0.05) is 70.8 Å². The number of allylic oxidation sites excluding steroid dienone is 3. The summed E-state index contributed by atoms with van der Waals surface area (Å²) in [5.74, 6) is 1.82. The number of benzene rings is 1. The second kappa shape index (κ2) is 13.5. The summed E-state index contributed by atoms with van der Waals surface area (Å²) in [7, 11) is 0. The maximum atomic E-state index is 12.8. The Labute approximate surface area is 255 Å². The van der Waals surface area contributed by atoms with Crippen LogP contribution in [0, 0.1) is 28.6 Å². The monoisotopic (exact) mass is 605 g/mol. The van der Waals surface area contributed by atoms with Gasteiger partial charge in [-0.15, -0.1) is 0 Å². The van der Waals surface area contributed by atoms with Crippen molar-refractivity contribution < 1.29 is 23.1 Å².